The summed E-state index contributed by atoms with van der Waals surface area (Å²) in [4.78, 5) is 19.2. The molecule has 2 atom stereocenters. The first-order valence-corrected chi connectivity index (χ1v) is 9.77. The predicted octanol–water partition coefficient (Wildman–Crippen LogP) is 4.37. The van der Waals surface area contributed by atoms with Crippen LogP contribution in [0.5, 0.6) is 0 Å². The highest BCUT2D eigenvalue weighted by Crippen LogP contribution is 2.44. The molecule has 5 rings (SSSR count). The maximum atomic E-state index is 13.3. The van der Waals surface area contributed by atoms with Crippen molar-refractivity contribution in [1.82, 2.24) is 24.6 Å². The lowest BCUT2D eigenvalue weighted by molar-refractivity contribution is -0.137. The zero-order chi connectivity index (χ0) is 21.0. The molecule has 154 valence electrons. The maximum Gasteiger partial charge on any atom is 0.417 e. The largest absolute Gasteiger partial charge is 0.417 e. The molecule has 2 aliphatic rings. The predicted molar refractivity (Wildman–Crippen MR) is 102 cm³/mol. The van der Waals surface area contributed by atoms with E-state index in [1.165, 1.54) is 12.1 Å². The number of nitrogens with zero attached hydrogens (tertiary/aromatic N) is 5. The van der Waals surface area contributed by atoms with E-state index < -0.39 is 22.7 Å². The van der Waals surface area contributed by atoms with Gasteiger partial charge < -0.3 is 9.47 Å². The zero-order valence-electron chi connectivity index (χ0n) is 15.5. The topological polar surface area (TPSA) is 63.9 Å². The molecule has 1 saturated heterocycles. The molecule has 6 nitrogen and oxygen atoms in total. The van der Waals surface area contributed by atoms with Crippen LogP contribution < -0.4 is 0 Å². The Morgan fingerprint density at radius 1 is 1.10 bits per heavy atom. The van der Waals surface area contributed by atoms with Gasteiger partial charge in [0.1, 0.15) is 5.69 Å². The fourth-order valence-electron chi connectivity index (χ4n) is 4.32. The van der Waals surface area contributed by atoms with E-state index in [0.717, 1.165) is 12.5 Å². The van der Waals surface area contributed by atoms with E-state index >= 15 is 0 Å². The molecule has 4 heterocycles. The molecule has 0 N–H and O–H groups in total. The average molecular weight is 434 g/mol. The van der Waals surface area contributed by atoms with E-state index in [-0.39, 0.29) is 17.6 Å². The van der Waals surface area contributed by atoms with Gasteiger partial charge in [-0.25, -0.2) is 0 Å². The number of carbonyl (C=O) groups is 1. The van der Waals surface area contributed by atoms with Gasteiger partial charge in [-0.05, 0) is 37.1 Å². The number of hydrogen-bond donors (Lipinski definition) is 0. The van der Waals surface area contributed by atoms with Crippen LogP contribution in [0, 0.1) is 0 Å². The normalized spacial score (nSPS) is 20.3. The molecular weight excluding hydrogens is 419 g/mol. The number of aromatic nitrogens is 4. The Bertz CT molecular complexity index is 1130. The summed E-state index contributed by atoms with van der Waals surface area (Å²) in [5.41, 5.74) is -0.488. The Kier molecular flexibility index (Phi) is 4.32. The summed E-state index contributed by atoms with van der Waals surface area (Å²) in [6, 6.07) is 8.35. The summed E-state index contributed by atoms with van der Waals surface area (Å²) >= 11 is 6.00. The van der Waals surface area contributed by atoms with Crippen molar-refractivity contribution in [2.24, 2.45) is 0 Å². The van der Waals surface area contributed by atoms with Gasteiger partial charge in [-0.15, -0.1) is 10.2 Å². The van der Waals surface area contributed by atoms with Crippen LogP contribution in [0.15, 0.2) is 42.6 Å². The number of hydrogen-bond acceptors (Lipinski definition) is 4. The van der Waals surface area contributed by atoms with E-state index in [4.69, 9.17) is 11.6 Å². The summed E-state index contributed by atoms with van der Waals surface area (Å²) in [7, 11) is 0. The van der Waals surface area contributed by atoms with Crippen LogP contribution in [0.3, 0.4) is 0 Å². The van der Waals surface area contributed by atoms with Gasteiger partial charge in [0.25, 0.3) is 5.91 Å². The third-order valence-corrected chi connectivity index (χ3v) is 6.04. The number of pyridine rings is 1. The minimum atomic E-state index is -4.63. The van der Waals surface area contributed by atoms with E-state index in [2.05, 4.69) is 15.2 Å². The number of fused-ring (bicyclic) bond motifs is 4. The molecule has 0 unspecified atom stereocenters. The lowest BCUT2D eigenvalue weighted by atomic mass is 10.1. The van der Waals surface area contributed by atoms with Gasteiger partial charge in [0, 0.05) is 12.7 Å². The smallest absolute Gasteiger partial charge is 0.324 e. The van der Waals surface area contributed by atoms with Gasteiger partial charge in [-0.2, -0.15) is 13.2 Å². The first-order valence-electron chi connectivity index (χ1n) is 9.39. The van der Waals surface area contributed by atoms with Crippen molar-refractivity contribution in [3.05, 3.63) is 64.6 Å². The van der Waals surface area contributed by atoms with Crippen LogP contribution >= 0.6 is 11.6 Å². The molecule has 2 aromatic heterocycles. The second-order valence-electron chi connectivity index (χ2n) is 7.33. The average Bonchev–Trinajstić information content (AvgIpc) is 3.28. The Hall–Kier alpha value is -2.94. The molecule has 3 aromatic rings. The number of amides is 1. The Morgan fingerprint density at radius 2 is 1.93 bits per heavy atom. The number of benzene rings is 1. The van der Waals surface area contributed by atoms with Crippen LogP contribution in [0.1, 0.15) is 40.6 Å². The van der Waals surface area contributed by atoms with Crippen molar-refractivity contribution in [2.75, 3.05) is 0 Å². The van der Waals surface area contributed by atoms with Crippen molar-refractivity contribution in [3.8, 4) is 11.5 Å². The molecule has 30 heavy (non-hydrogen) atoms. The van der Waals surface area contributed by atoms with Crippen LogP contribution in [-0.4, -0.2) is 36.6 Å². The fraction of sp³-hybridized carbons (Fsp3) is 0.300. The lowest BCUT2D eigenvalue weighted by Crippen LogP contribution is -2.44. The highest BCUT2D eigenvalue weighted by Gasteiger charge is 2.46. The standard InChI is InChI=1S/C20H15ClF3N5O/c21-16-12(4-3-5-13(16)20(22,23)24)19(30)29-11-7-8-15(29)18-27-26-17(28(18)10-11)14-6-1-2-9-25-14/h1-6,9,11,15H,7-8,10H2/t11-,15+/m0/s1. The maximum absolute atomic E-state index is 13.3. The van der Waals surface area contributed by atoms with Gasteiger partial charge in [0.2, 0.25) is 0 Å². The molecule has 0 aliphatic carbocycles. The quantitative estimate of drug-likeness (QED) is 0.602. The Labute approximate surface area is 174 Å². The molecule has 0 radical (unpaired) electrons. The number of alkyl halides is 3. The monoisotopic (exact) mass is 433 g/mol. The molecular formula is C20H15ClF3N5O. The van der Waals surface area contributed by atoms with Gasteiger partial charge in [0.15, 0.2) is 11.6 Å². The SMILES string of the molecule is O=C(c1cccc(C(F)(F)F)c1Cl)N1[C@H]2CC[C@@H]1c1nnc(-c3ccccn3)n1C2. The summed E-state index contributed by atoms with van der Waals surface area (Å²) in [6.45, 7) is 0.451. The molecule has 1 fully saturated rings. The fourth-order valence-corrected chi connectivity index (χ4v) is 4.63. The molecule has 1 amide bonds. The summed E-state index contributed by atoms with van der Waals surface area (Å²) in [6.07, 6.45) is -1.59. The molecule has 0 saturated carbocycles. The van der Waals surface area contributed by atoms with Crippen molar-refractivity contribution >= 4 is 17.5 Å². The second-order valence-corrected chi connectivity index (χ2v) is 7.71. The first kappa shape index (κ1) is 19.0. The molecule has 2 bridgehead atoms. The minimum absolute atomic E-state index is 0.152. The molecule has 0 spiro atoms. The summed E-state index contributed by atoms with van der Waals surface area (Å²) in [5.74, 6) is 0.708. The molecule has 10 heteroatoms. The Morgan fingerprint density at radius 3 is 2.67 bits per heavy atom. The molecule has 1 aromatic carbocycles. The highest BCUT2D eigenvalue weighted by molar-refractivity contribution is 6.34. The van der Waals surface area contributed by atoms with Crippen molar-refractivity contribution in [1.29, 1.82) is 0 Å². The van der Waals surface area contributed by atoms with Gasteiger partial charge in [-0.3, -0.25) is 9.78 Å². The first-order chi connectivity index (χ1) is 14.4. The van der Waals surface area contributed by atoms with Crippen molar-refractivity contribution in [3.63, 3.8) is 0 Å². The van der Waals surface area contributed by atoms with Crippen LogP contribution in [0.25, 0.3) is 11.5 Å². The van der Waals surface area contributed by atoms with E-state index in [0.29, 0.717) is 30.3 Å². The zero-order valence-corrected chi connectivity index (χ0v) is 16.2. The van der Waals surface area contributed by atoms with Crippen molar-refractivity contribution < 1.29 is 18.0 Å². The van der Waals surface area contributed by atoms with Gasteiger partial charge in [0.05, 0.1) is 28.2 Å². The van der Waals surface area contributed by atoms with E-state index in [9.17, 15) is 18.0 Å². The number of carbonyl (C=O) groups excluding carboxylic acids is 1. The van der Waals surface area contributed by atoms with Crippen LogP contribution in [0.4, 0.5) is 13.2 Å². The number of halogens is 4. The van der Waals surface area contributed by atoms with E-state index in [1.807, 2.05) is 16.7 Å². The second kappa shape index (κ2) is 6.80. The van der Waals surface area contributed by atoms with Crippen LogP contribution in [-0.2, 0) is 12.7 Å². The highest BCUT2D eigenvalue weighted by atomic mass is 35.5. The minimum Gasteiger partial charge on any atom is -0.324 e. The van der Waals surface area contributed by atoms with Gasteiger partial charge >= 0.3 is 6.18 Å². The van der Waals surface area contributed by atoms with Gasteiger partial charge in [-0.1, -0.05) is 23.7 Å². The van der Waals surface area contributed by atoms with E-state index in [1.54, 1.807) is 17.2 Å². The van der Waals surface area contributed by atoms with Crippen LogP contribution in [0.2, 0.25) is 5.02 Å². The number of rotatable bonds is 2. The molecule has 2 aliphatic heterocycles. The summed E-state index contributed by atoms with van der Waals surface area (Å²) in [5, 5.41) is 7.97. The third kappa shape index (κ3) is 2.87. The summed E-state index contributed by atoms with van der Waals surface area (Å²) < 4.78 is 41.6. The van der Waals surface area contributed by atoms with Crippen molar-refractivity contribution in [2.45, 2.75) is 37.6 Å². The lowest BCUT2D eigenvalue weighted by Gasteiger charge is -2.35. The Balaban J connectivity index is 1.52. The third-order valence-electron chi connectivity index (χ3n) is 5.64.